The molecule has 0 saturated carbocycles. The molecule has 1 N–H and O–H groups in total. The molecule has 0 atom stereocenters. The van der Waals surface area contributed by atoms with E-state index < -0.39 is 0 Å². The molecule has 16 rings (SSSR count). The average Bonchev–Trinajstić information content (AvgIpc) is 4.53. The van der Waals surface area contributed by atoms with Gasteiger partial charge >= 0.3 is 0 Å². The van der Waals surface area contributed by atoms with Gasteiger partial charge in [0.2, 0.25) is 11.2 Å². The highest BCUT2D eigenvalue weighted by Crippen LogP contribution is 2.37. The van der Waals surface area contributed by atoms with Crippen molar-refractivity contribution in [1.29, 1.82) is 0 Å². The monoisotopic (exact) mass is 1060 g/mol. The molecule has 12 nitrogen and oxygen atoms in total. The molecule has 0 spiro atoms. The third-order valence-corrected chi connectivity index (χ3v) is 14.3. The summed E-state index contributed by atoms with van der Waals surface area (Å²) < 4.78 is 6.56. The molecule has 13 heteroatoms. The van der Waals surface area contributed by atoms with Crippen molar-refractivity contribution >= 4 is 77.3 Å². The van der Waals surface area contributed by atoms with Gasteiger partial charge in [-0.15, -0.1) is 0 Å². The van der Waals surface area contributed by atoms with Crippen LogP contribution >= 0.6 is 11.6 Å². The van der Waals surface area contributed by atoms with Gasteiger partial charge in [0, 0.05) is 80.0 Å². The minimum absolute atomic E-state index is 0.202. The first kappa shape index (κ1) is 48.4. The van der Waals surface area contributed by atoms with Gasteiger partial charge < -0.3 is 14.1 Å². The van der Waals surface area contributed by atoms with E-state index in [1.54, 1.807) is 0 Å². The van der Waals surface area contributed by atoms with Gasteiger partial charge in [0.05, 0.1) is 44.1 Å². The maximum absolute atomic E-state index is 5.99. The first-order chi connectivity index (χ1) is 40.1. The van der Waals surface area contributed by atoms with Crippen LogP contribution in [0.4, 0.5) is 0 Å². The van der Waals surface area contributed by atoms with E-state index >= 15 is 0 Å². The Bertz CT molecular complexity index is 4760. The van der Waals surface area contributed by atoms with Crippen LogP contribution in [0.2, 0.25) is 5.28 Å². The van der Waals surface area contributed by atoms with E-state index in [4.69, 9.17) is 31.5 Å². The average molecular weight is 1070 g/mol. The number of aromatic nitrogens is 12. The van der Waals surface area contributed by atoms with Crippen molar-refractivity contribution in [3.8, 4) is 62.9 Å². The standard InChI is InChI=1S/C34H22N6.C19H13N3.C15H10ClN3/c1-4-11-23(12-5-1)32-36-33(24-13-6-2-7-14-24)38-34(37-32)40-29-17-10-21-35-30(29)27-18-19-28-26(31(27)40)20-22-39(28)25-15-8-3-9-16-25;1-2-5-13(6-3-1)22-12-10-14-17(22)9-8-15-18(14)21-16-7-4-11-20-19(15)16;16-15-18-13(11-7-3-1-4-8-11)17-14(19-15)12-9-5-2-6-10-12/h1-22H;1-12,21H;1-10H. The van der Waals surface area contributed by atoms with Crippen molar-refractivity contribution in [2.75, 3.05) is 0 Å². The smallest absolute Gasteiger partial charge is 0.238 e. The quantitative estimate of drug-likeness (QED) is 0.167. The molecule has 0 radical (unpaired) electrons. The molecule has 8 aromatic heterocycles. The van der Waals surface area contributed by atoms with Crippen LogP contribution in [-0.2, 0) is 0 Å². The highest BCUT2D eigenvalue weighted by atomic mass is 35.5. The summed E-state index contributed by atoms with van der Waals surface area (Å²) in [5, 5.41) is 4.75. The van der Waals surface area contributed by atoms with Crippen LogP contribution in [0.5, 0.6) is 0 Å². The van der Waals surface area contributed by atoms with Crippen LogP contribution in [-0.4, -0.2) is 58.6 Å². The van der Waals surface area contributed by atoms with Gasteiger partial charge in [0.25, 0.3) is 0 Å². The molecule has 0 saturated heterocycles. The fourth-order valence-electron chi connectivity index (χ4n) is 10.5. The molecule has 0 amide bonds. The normalized spacial score (nSPS) is 11.3. The molecular formula is C68H45ClN12. The molecule has 384 valence electrons. The lowest BCUT2D eigenvalue weighted by molar-refractivity contribution is 0.954. The highest BCUT2D eigenvalue weighted by molar-refractivity contribution is 6.28. The molecule has 16 aromatic rings. The SMILES string of the molecule is Clc1nc(-c2ccccc2)nc(-c2ccccc2)n1.c1ccc(-c2nc(-c3ccccc3)nc(-n3c4cccnc4c4ccc5c(ccn5-c5ccccc5)c43)n2)cc1.c1ccc(-n2ccc3c4[nH]c5cccnc5c4ccc32)cc1. The summed E-state index contributed by atoms with van der Waals surface area (Å²) in [6.07, 6.45) is 7.92. The zero-order chi connectivity index (χ0) is 54.1. The Balaban J connectivity index is 0.000000121. The Morgan fingerprint density at radius 2 is 0.765 bits per heavy atom. The number of H-pyrrole nitrogens is 1. The Hall–Kier alpha value is -11.0. The Morgan fingerprint density at radius 1 is 0.333 bits per heavy atom. The van der Waals surface area contributed by atoms with Crippen LogP contribution in [0.25, 0.3) is 129 Å². The number of aromatic amines is 1. The van der Waals surface area contributed by atoms with Crippen LogP contribution < -0.4 is 0 Å². The third-order valence-electron chi connectivity index (χ3n) is 14.2. The third kappa shape index (κ3) is 9.26. The lowest BCUT2D eigenvalue weighted by Gasteiger charge is -2.11. The van der Waals surface area contributed by atoms with Gasteiger partial charge in [0.1, 0.15) is 0 Å². The first-order valence-corrected chi connectivity index (χ1v) is 26.7. The van der Waals surface area contributed by atoms with Crippen LogP contribution in [0.15, 0.2) is 267 Å². The first-order valence-electron chi connectivity index (χ1n) is 26.4. The van der Waals surface area contributed by atoms with E-state index in [0.717, 1.165) is 77.3 Å². The van der Waals surface area contributed by atoms with E-state index in [1.807, 2.05) is 158 Å². The molecule has 81 heavy (non-hydrogen) atoms. The van der Waals surface area contributed by atoms with Crippen molar-refractivity contribution in [2.24, 2.45) is 0 Å². The van der Waals surface area contributed by atoms with Crippen molar-refractivity contribution in [3.63, 3.8) is 0 Å². The zero-order valence-corrected chi connectivity index (χ0v) is 44.0. The number of hydrogen-bond donors (Lipinski definition) is 1. The summed E-state index contributed by atoms with van der Waals surface area (Å²) in [4.78, 5) is 40.6. The maximum atomic E-state index is 5.99. The molecule has 0 bridgehead atoms. The largest absolute Gasteiger partial charge is 0.353 e. The summed E-state index contributed by atoms with van der Waals surface area (Å²) in [7, 11) is 0. The van der Waals surface area contributed by atoms with E-state index in [1.165, 1.54) is 22.0 Å². The van der Waals surface area contributed by atoms with Gasteiger partial charge in [-0.2, -0.15) is 19.9 Å². The Kier molecular flexibility index (Phi) is 12.6. The molecule has 0 aliphatic heterocycles. The van der Waals surface area contributed by atoms with Gasteiger partial charge in [0.15, 0.2) is 23.3 Å². The van der Waals surface area contributed by atoms with E-state index in [9.17, 15) is 0 Å². The summed E-state index contributed by atoms with van der Waals surface area (Å²) >= 11 is 5.99. The number of para-hydroxylation sites is 2. The maximum Gasteiger partial charge on any atom is 0.238 e. The number of benzene rings is 8. The van der Waals surface area contributed by atoms with Crippen molar-refractivity contribution in [1.82, 2.24) is 58.6 Å². The Morgan fingerprint density at radius 3 is 1.28 bits per heavy atom. The lowest BCUT2D eigenvalue weighted by atomic mass is 10.1. The van der Waals surface area contributed by atoms with Crippen LogP contribution in [0.3, 0.4) is 0 Å². The van der Waals surface area contributed by atoms with E-state index in [2.05, 4.69) is 148 Å². The molecular weight excluding hydrogens is 1020 g/mol. The van der Waals surface area contributed by atoms with Crippen molar-refractivity contribution in [3.05, 3.63) is 273 Å². The second-order valence-corrected chi connectivity index (χ2v) is 19.4. The number of nitrogens with zero attached hydrogens (tertiary/aromatic N) is 11. The predicted molar refractivity (Wildman–Crippen MR) is 326 cm³/mol. The topological polar surface area (TPSA) is 134 Å². The molecule has 8 heterocycles. The summed E-state index contributed by atoms with van der Waals surface area (Å²) in [6, 6.07) is 81.4. The number of halogens is 1. The second-order valence-electron chi connectivity index (χ2n) is 19.1. The summed E-state index contributed by atoms with van der Waals surface area (Å²) in [5.74, 6) is 2.97. The fraction of sp³-hybridized carbons (Fsp3) is 0. The van der Waals surface area contributed by atoms with Gasteiger partial charge in [-0.3, -0.25) is 14.5 Å². The lowest BCUT2D eigenvalue weighted by Crippen LogP contribution is -2.06. The molecule has 0 aliphatic carbocycles. The molecule has 8 aromatic carbocycles. The predicted octanol–water partition coefficient (Wildman–Crippen LogP) is 16.2. The van der Waals surface area contributed by atoms with Crippen LogP contribution in [0, 0.1) is 0 Å². The Labute approximate surface area is 469 Å². The highest BCUT2D eigenvalue weighted by Gasteiger charge is 2.21. The van der Waals surface area contributed by atoms with E-state index in [-0.39, 0.29) is 5.28 Å². The second kappa shape index (κ2) is 21.1. The van der Waals surface area contributed by atoms with Gasteiger partial charge in [-0.1, -0.05) is 158 Å². The van der Waals surface area contributed by atoms with E-state index in [0.29, 0.717) is 29.2 Å². The minimum Gasteiger partial charge on any atom is -0.353 e. The zero-order valence-electron chi connectivity index (χ0n) is 43.2. The molecule has 0 unspecified atom stereocenters. The van der Waals surface area contributed by atoms with Crippen LogP contribution in [0.1, 0.15) is 0 Å². The number of hydrogen-bond acceptors (Lipinski definition) is 8. The minimum atomic E-state index is 0.202. The van der Waals surface area contributed by atoms with Gasteiger partial charge in [-0.05, 0) is 96.5 Å². The summed E-state index contributed by atoms with van der Waals surface area (Å²) in [5.41, 5.74) is 14.4. The summed E-state index contributed by atoms with van der Waals surface area (Å²) in [6.45, 7) is 0. The van der Waals surface area contributed by atoms with Crippen molar-refractivity contribution in [2.45, 2.75) is 0 Å². The molecule has 0 aliphatic rings. The number of pyridine rings is 2. The van der Waals surface area contributed by atoms with Crippen molar-refractivity contribution < 1.29 is 0 Å². The van der Waals surface area contributed by atoms with Gasteiger partial charge in [-0.25, -0.2) is 9.97 Å². The fourth-order valence-corrected chi connectivity index (χ4v) is 10.6. The number of nitrogens with one attached hydrogen (secondary N) is 1. The number of fused-ring (bicyclic) bond motifs is 10. The number of rotatable bonds is 7. The molecule has 0 fully saturated rings.